The standard InChI is InChI=1S/C18H20ClNO2/c1-13-5-3-6-16(11-13)20-18(21)7-4-10-22-17-9-8-15(19)12-14(17)2/h3,5-6,8-9,11-12H,4,7,10H2,1-2H3,(H,20,21). The van der Waals surface area contributed by atoms with Gasteiger partial charge in [0.15, 0.2) is 0 Å². The van der Waals surface area contributed by atoms with Crippen LogP contribution in [-0.2, 0) is 4.79 Å². The molecule has 0 atom stereocenters. The van der Waals surface area contributed by atoms with Gasteiger partial charge >= 0.3 is 0 Å². The second-order valence-electron chi connectivity index (χ2n) is 5.28. The highest BCUT2D eigenvalue weighted by molar-refractivity contribution is 6.30. The molecule has 0 unspecified atom stereocenters. The quantitative estimate of drug-likeness (QED) is 0.780. The van der Waals surface area contributed by atoms with Gasteiger partial charge in [-0.25, -0.2) is 0 Å². The van der Waals surface area contributed by atoms with Crippen LogP contribution in [0.15, 0.2) is 42.5 Å². The number of aryl methyl sites for hydroxylation is 2. The molecule has 2 aromatic carbocycles. The Bertz CT molecular complexity index is 655. The monoisotopic (exact) mass is 317 g/mol. The zero-order valence-electron chi connectivity index (χ0n) is 12.9. The summed E-state index contributed by atoms with van der Waals surface area (Å²) in [6, 6.07) is 13.3. The van der Waals surface area contributed by atoms with Crippen LogP contribution in [0.3, 0.4) is 0 Å². The van der Waals surface area contributed by atoms with Crippen LogP contribution in [0.25, 0.3) is 0 Å². The van der Waals surface area contributed by atoms with Crippen molar-refractivity contribution in [2.75, 3.05) is 11.9 Å². The van der Waals surface area contributed by atoms with Crippen LogP contribution in [0, 0.1) is 13.8 Å². The average Bonchev–Trinajstić information content (AvgIpc) is 2.45. The first-order chi connectivity index (χ1) is 10.5. The van der Waals surface area contributed by atoms with Gasteiger partial charge in [0, 0.05) is 17.1 Å². The number of halogens is 1. The van der Waals surface area contributed by atoms with Crippen LogP contribution in [0.4, 0.5) is 5.69 Å². The van der Waals surface area contributed by atoms with E-state index >= 15 is 0 Å². The summed E-state index contributed by atoms with van der Waals surface area (Å²) < 4.78 is 5.67. The van der Waals surface area contributed by atoms with Crippen LogP contribution in [0.2, 0.25) is 5.02 Å². The fourth-order valence-electron chi connectivity index (χ4n) is 2.14. The Labute approximate surface area is 136 Å². The molecule has 3 nitrogen and oxygen atoms in total. The molecule has 0 radical (unpaired) electrons. The highest BCUT2D eigenvalue weighted by atomic mass is 35.5. The summed E-state index contributed by atoms with van der Waals surface area (Å²) in [5, 5.41) is 3.58. The normalized spacial score (nSPS) is 10.3. The van der Waals surface area contributed by atoms with Crippen molar-refractivity contribution in [2.24, 2.45) is 0 Å². The lowest BCUT2D eigenvalue weighted by Crippen LogP contribution is -2.13. The molecule has 0 heterocycles. The number of ether oxygens (including phenoxy) is 1. The van der Waals surface area contributed by atoms with E-state index in [0.717, 1.165) is 22.6 Å². The van der Waals surface area contributed by atoms with Crippen molar-refractivity contribution in [1.82, 2.24) is 0 Å². The first kappa shape index (κ1) is 16.4. The zero-order valence-corrected chi connectivity index (χ0v) is 13.6. The van der Waals surface area contributed by atoms with Crippen molar-refractivity contribution in [3.63, 3.8) is 0 Å². The van der Waals surface area contributed by atoms with Gasteiger partial charge in [0.1, 0.15) is 5.75 Å². The summed E-state index contributed by atoms with van der Waals surface area (Å²) in [5.74, 6) is 0.811. The smallest absolute Gasteiger partial charge is 0.224 e. The van der Waals surface area contributed by atoms with E-state index in [4.69, 9.17) is 16.3 Å². The van der Waals surface area contributed by atoms with E-state index in [9.17, 15) is 4.79 Å². The second-order valence-corrected chi connectivity index (χ2v) is 5.72. The number of carbonyl (C=O) groups excluding carboxylic acids is 1. The number of benzene rings is 2. The molecular formula is C18H20ClNO2. The summed E-state index contributed by atoms with van der Waals surface area (Å²) >= 11 is 5.90. The van der Waals surface area contributed by atoms with Crippen molar-refractivity contribution in [3.8, 4) is 5.75 Å². The minimum Gasteiger partial charge on any atom is -0.493 e. The van der Waals surface area contributed by atoms with E-state index in [0.29, 0.717) is 24.5 Å². The third kappa shape index (κ3) is 5.08. The lowest BCUT2D eigenvalue weighted by Gasteiger charge is -2.09. The molecule has 4 heteroatoms. The minimum absolute atomic E-state index is 0.00188. The van der Waals surface area contributed by atoms with E-state index in [1.807, 2.05) is 50.2 Å². The topological polar surface area (TPSA) is 38.3 Å². The lowest BCUT2D eigenvalue weighted by atomic mass is 10.2. The molecule has 0 aliphatic carbocycles. The molecule has 0 aromatic heterocycles. The Morgan fingerprint density at radius 1 is 1.18 bits per heavy atom. The molecule has 0 fully saturated rings. The third-order valence-electron chi connectivity index (χ3n) is 3.24. The average molecular weight is 318 g/mol. The summed E-state index contributed by atoms with van der Waals surface area (Å²) in [4.78, 5) is 11.9. The number of hydrogen-bond acceptors (Lipinski definition) is 2. The number of rotatable bonds is 6. The molecule has 0 aliphatic rings. The second kappa shape index (κ2) is 7.85. The van der Waals surface area contributed by atoms with Crippen molar-refractivity contribution in [2.45, 2.75) is 26.7 Å². The molecular weight excluding hydrogens is 298 g/mol. The molecule has 0 bridgehead atoms. The summed E-state index contributed by atoms with van der Waals surface area (Å²) in [5.41, 5.74) is 2.95. The maximum absolute atomic E-state index is 11.9. The number of carbonyl (C=O) groups is 1. The molecule has 116 valence electrons. The molecule has 2 rings (SSSR count). The van der Waals surface area contributed by atoms with Gasteiger partial charge < -0.3 is 10.1 Å². The highest BCUT2D eigenvalue weighted by Crippen LogP contribution is 2.22. The number of amides is 1. The van der Waals surface area contributed by atoms with Crippen LogP contribution < -0.4 is 10.1 Å². The van der Waals surface area contributed by atoms with Crippen molar-refractivity contribution in [3.05, 3.63) is 58.6 Å². The van der Waals surface area contributed by atoms with Crippen LogP contribution in [-0.4, -0.2) is 12.5 Å². The Balaban J connectivity index is 1.73. The van der Waals surface area contributed by atoms with E-state index in [-0.39, 0.29) is 5.91 Å². The van der Waals surface area contributed by atoms with E-state index in [1.54, 1.807) is 6.07 Å². The van der Waals surface area contributed by atoms with Crippen molar-refractivity contribution >= 4 is 23.2 Å². The highest BCUT2D eigenvalue weighted by Gasteiger charge is 2.04. The molecule has 1 N–H and O–H groups in total. The Kier molecular flexibility index (Phi) is 5.84. The fraction of sp³-hybridized carbons (Fsp3) is 0.278. The van der Waals surface area contributed by atoms with Crippen LogP contribution in [0.1, 0.15) is 24.0 Å². The number of hydrogen-bond donors (Lipinski definition) is 1. The number of anilines is 1. The molecule has 0 aliphatic heterocycles. The van der Waals surface area contributed by atoms with Gasteiger partial charge in [-0.15, -0.1) is 0 Å². The molecule has 1 amide bonds. The van der Waals surface area contributed by atoms with Gasteiger partial charge in [-0.1, -0.05) is 23.7 Å². The predicted molar refractivity (Wildman–Crippen MR) is 90.7 cm³/mol. The van der Waals surface area contributed by atoms with Gasteiger partial charge in [-0.3, -0.25) is 4.79 Å². The summed E-state index contributed by atoms with van der Waals surface area (Å²) in [6.45, 7) is 4.45. The third-order valence-corrected chi connectivity index (χ3v) is 3.48. The van der Waals surface area contributed by atoms with Crippen molar-refractivity contribution < 1.29 is 9.53 Å². The maximum Gasteiger partial charge on any atom is 0.224 e. The van der Waals surface area contributed by atoms with Crippen LogP contribution in [0.5, 0.6) is 5.75 Å². The molecule has 2 aromatic rings. The lowest BCUT2D eigenvalue weighted by molar-refractivity contribution is -0.116. The predicted octanol–water partition coefficient (Wildman–Crippen LogP) is 4.75. The summed E-state index contributed by atoms with van der Waals surface area (Å²) in [7, 11) is 0. The number of nitrogens with one attached hydrogen (secondary N) is 1. The molecule has 0 saturated heterocycles. The Morgan fingerprint density at radius 2 is 2.00 bits per heavy atom. The van der Waals surface area contributed by atoms with E-state index in [1.165, 1.54) is 0 Å². The van der Waals surface area contributed by atoms with Gasteiger partial charge in [-0.05, 0) is 61.7 Å². The first-order valence-corrected chi connectivity index (χ1v) is 7.68. The SMILES string of the molecule is Cc1cccc(NC(=O)CCCOc2ccc(Cl)cc2C)c1. The molecule has 0 spiro atoms. The van der Waals surface area contributed by atoms with Gasteiger partial charge in [0.25, 0.3) is 0 Å². The molecule has 0 saturated carbocycles. The Morgan fingerprint density at radius 3 is 2.73 bits per heavy atom. The summed E-state index contributed by atoms with van der Waals surface area (Å²) in [6.07, 6.45) is 1.10. The fourth-order valence-corrected chi connectivity index (χ4v) is 2.36. The minimum atomic E-state index is 0.00188. The van der Waals surface area contributed by atoms with Gasteiger partial charge in [-0.2, -0.15) is 0 Å². The first-order valence-electron chi connectivity index (χ1n) is 7.30. The van der Waals surface area contributed by atoms with Crippen LogP contribution >= 0.6 is 11.6 Å². The zero-order chi connectivity index (χ0) is 15.9. The van der Waals surface area contributed by atoms with Gasteiger partial charge in [0.2, 0.25) is 5.91 Å². The molecule has 22 heavy (non-hydrogen) atoms. The maximum atomic E-state index is 11.9. The van der Waals surface area contributed by atoms with Gasteiger partial charge in [0.05, 0.1) is 6.61 Å². The Hall–Kier alpha value is -2.00. The van der Waals surface area contributed by atoms with E-state index < -0.39 is 0 Å². The van der Waals surface area contributed by atoms with E-state index in [2.05, 4.69) is 5.32 Å². The van der Waals surface area contributed by atoms with Crippen molar-refractivity contribution in [1.29, 1.82) is 0 Å². The largest absolute Gasteiger partial charge is 0.493 e.